The number of benzene rings is 1. The van der Waals surface area contributed by atoms with E-state index in [1.165, 1.54) is 4.31 Å². The number of rotatable bonds is 5. The monoisotopic (exact) mass is 378 g/mol. The van der Waals surface area contributed by atoms with E-state index >= 15 is 0 Å². The van der Waals surface area contributed by atoms with E-state index in [1.54, 1.807) is 20.8 Å². The quantitative estimate of drug-likeness (QED) is 0.743. The van der Waals surface area contributed by atoms with Crippen molar-refractivity contribution in [2.24, 2.45) is 0 Å². The fourth-order valence-electron chi connectivity index (χ4n) is 3.47. The van der Waals surface area contributed by atoms with Crippen LogP contribution in [-0.4, -0.2) is 37.0 Å². The van der Waals surface area contributed by atoms with Crippen molar-refractivity contribution in [3.05, 3.63) is 46.8 Å². The predicted molar refractivity (Wildman–Crippen MR) is 94.0 cm³/mol. The van der Waals surface area contributed by atoms with Crippen LogP contribution in [0.25, 0.3) is 0 Å². The highest BCUT2D eigenvalue weighted by atomic mass is 32.2. The summed E-state index contributed by atoms with van der Waals surface area (Å²) in [6.07, 6.45) is 0.547. The molecule has 0 bridgehead atoms. The molecular weight excluding hydrogens is 356 g/mol. The number of sulfonamides is 1. The van der Waals surface area contributed by atoms with Crippen LogP contribution in [0, 0.1) is 13.8 Å². The van der Waals surface area contributed by atoms with Gasteiger partial charge in [0.1, 0.15) is 10.6 Å². The molecule has 0 fully saturated rings. The van der Waals surface area contributed by atoms with E-state index in [4.69, 9.17) is 9.26 Å². The van der Waals surface area contributed by atoms with E-state index < -0.39 is 22.0 Å². The Kier molecular flexibility index (Phi) is 5.15. The maximum atomic E-state index is 13.3. The lowest BCUT2D eigenvalue weighted by atomic mass is 9.92. The zero-order valence-corrected chi connectivity index (χ0v) is 15.9. The molecule has 7 nitrogen and oxygen atoms in total. The lowest BCUT2D eigenvalue weighted by Gasteiger charge is -2.35. The molecule has 0 spiro atoms. The molecule has 3 rings (SSSR count). The van der Waals surface area contributed by atoms with Crippen molar-refractivity contribution >= 4 is 16.0 Å². The third-order valence-corrected chi connectivity index (χ3v) is 6.72. The van der Waals surface area contributed by atoms with Crippen LogP contribution >= 0.6 is 0 Å². The van der Waals surface area contributed by atoms with Gasteiger partial charge in [0.05, 0.1) is 19.1 Å². The van der Waals surface area contributed by atoms with Crippen LogP contribution in [0.4, 0.5) is 0 Å². The zero-order chi connectivity index (χ0) is 18.9. The third-order valence-electron chi connectivity index (χ3n) is 4.56. The average Bonchev–Trinajstić information content (AvgIpc) is 2.94. The molecule has 0 N–H and O–H groups in total. The van der Waals surface area contributed by atoms with E-state index in [9.17, 15) is 13.2 Å². The summed E-state index contributed by atoms with van der Waals surface area (Å²) in [5, 5.41) is 3.76. The molecule has 140 valence electrons. The second kappa shape index (κ2) is 7.20. The Bertz CT molecular complexity index is 900. The largest absolute Gasteiger partial charge is 0.466 e. The van der Waals surface area contributed by atoms with E-state index in [2.05, 4.69) is 5.16 Å². The summed E-state index contributed by atoms with van der Waals surface area (Å²) < 4.78 is 38.1. The van der Waals surface area contributed by atoms with Gasteiger partial charge in [0, 0.05) is 6.54 Å². The average molecular weight is 378 g/mol. The Morgan fingerprint density at radius 3 is 2.73 bits per heavy atom. The van der Waals surface area contributed by atoms with Crippen molar-refractivity contribution in [1.82, 2.24) is 9.46 Å². The summed E-state index contributed by atoms with van der Waals surface area (Å²) in [6, 6.07) is 6.99. The molecule has 8 heteroatoms. The van der Waals surface area contributed by atoms with Gasteiger partial charge in [-0.25, -0.2) is 8.42 Å². The fraction of sp³-hybridized carbons (Fsp3) is 0.444. The maximum Gasteiger partial charge on any atom is 0.307 e. The summed E-state index contributed by atoms with van der Waals surface area (Å²) in [4.78, 5) is 12.2. The van der Waals surface area contributed by atoms with Gasteiger partial charge in [-0.1, -0.05) is 29.4 Å². The number of aromatic nitrogens is 1. The lowest BCUT2D eigenvalue weighted by Crippen LogP contribution is -2.41. The van der Waals surface area contributed by atoms with Gasteiger partial charge < -0.3 is 9.26 Å². The van der Waals surface area contributed by atoms with Gasteiger partial charge in [0.2, 0.25) is 10.0 Å². The molecule has 0 amide bonds. The van der Waals surface area contributed by atoms with E-state index in [-0.39, 0.29) is 30.2 Å². The SMILES string of the molecule is CCOC(=O)C[C@H]1c2ccccc2CCN1S(=O)(=O)c1c(C)noc1C. The Hall–Kier alpha value is -2.19. The van der Waals surface area contributed by atoms with Crippen molar-refractivity contribution in [2.45, 2.75) is 44.6 Å². The minimum atomic E-state index is -3.86. The van der Waals surface area contributed by atoms with Crippen LogP contribution in [-0.2, 0) is 26.0 Å². The Balaban J connectivity index is 2.06. The molecule has 1 atom stereocenters. The minimum Gasteiger partial charge on any atom is -0.466 e. The molecular formula is C18H22N2O5S. The van der Waals surface area contributed by atoms with Gasteiger partial charge in [0.25, 0.3) is 0 Å². The standard InChI is InChI=1S/C18H22N2O5S/c1-4-24-17(21)11-16-15-8-6-5-7-14(15)9-10-20(16)26(22,23)18-12(2)19-25-13(18)3/h5-8,16H,4,9-11H2,1-3H3/t16-/m0/s1. The van der Waals surface area contributed by atoms with Crippen LogP contribution in [0.15, 0.2) is 33.7 Å². The number of hydrogen-bond acceptors (Lipinski definition) is 6. The number of carbonyl (C=O) groups excluding carboxylic acids is 1. The number of hydrogen-bond donors (Lipinski definition) is 0. The summed E-state index contributed by atoms with van der Waals surface area (Å²) >= 11 is 0. The summed E-state index contributed by atoms with van der Waals surface area (Å²) in [5.74, 6) is -0.176. The molecule has 0 saturated carbocycles. The van der Waals surface area contributed by atoms with Crippen molar-refractivity contribution in [3.8, 4) is 0 Å². The first-order chi connectivity index (χ1) is 12.4. The second-order valence-corrected chi connectivity index (χ2v) is 8.07. The maximum absolute atomic E-state index is 13.3. The summed E-state index contributed by atoms with van der Waals surface area (Å²) in [5.41, 5.74) is 2.20. The van der Waals surface area contributed by atoms with Gasteiger partial charge in [0.15, 0.2) is 5.76 Å². The van der Waals surface area contributed by atoms with Gasteiger partial charge in [-0.2, -0.15) is 4.31 Å². The van der Waals surface area contributed by atoms with Crippen LogP contribution in [0.1, 0.15) is 42.0 Å². The number of nitrogens with zero attached hydrogens (tertiary/aromatic N) is 2. The fourth-order valence-corrected chi connectivity index (χ4v) is 5.37. The van der Waals surface area contributed by atoms with Gasteiger partial charge in [-0.3, -0.25) is 4.79 Å². The van der Waals surface area contributed by atoms with Crippen LogP contribution in [0.3, 0.4) is 0 Å². The van der Waals surface area contributed by atoms with E-state index in [0.29, 0.717) is 12.1 Å². The second-order valence-electron chi connectivity index (χ2n) is 6.24. The first-order valence-corrected chi connectivity index (χ1v) is 9.98. The van der Waals surface area contributed by atoms with Crippen molar-refractivity contribution in [1.29, 1.82) is 0 Å². The molecule has 0 saturated heterocycles. The third kappa shape index (κ3) is 3.26. The topological polar surface area (TPSA) is 89.7 Å². The van der Waals surface area contributed by atoms with Crippen molar-refractivity contribution < 1.29 is 22.5 Å². The first kappa shape index (κ1) is 18.6. The first-order valence-electron chi connectivity index (χ1n) is 8.54. The number of ether oxygens (including phenoxy) is 1. The van der Waals surface area contributed by atoms with Crippen molar-refractivity contribution in [2.75, 3.05) is 13.2 Å². The van der Waals surface area contributed by atoms with E-state index in [1.807, 2.05) is 24.3 Å². The molecule has 2 aromatic rings. The Morgan fingerprint density at radius 1 is 1.35 bits per heavy atom. The van der Waals surface area contributed by atoms with Gasteiger partial charge in [-0.05, 0) is 38.3 Å². The highest BCUT2D eigenvalue weighted by Crippen LogP contribution is 2.37. The number of carbonyl (C=O) groups is 1. The van der Waals surface area contributed by atoms with Crippen LogP contribution in [0.5, 0.6) is 0 Å². The normalized spacial score (nSPS) is 17.7. The highest BCUT2D eigenvalue weighted by Gasteiger charge is 2.40. The molecule has 0 unspecified atom stereocenters. The molecule has 0 aliphatic carbocycles. The molecule has 2 heterocycles. The predicted octanol–water partition coefficient (Wildman–Crippen LogP) is 2.53. The lowest BCUT2D eigenvalue weighted by molar-refractivity contribution is -0.144. The molecule has 1 aromatic heterocycles. The van der Waals surface area contributed by atoms with Gasteiger partial charge >= 0.3 is 5.97 Å². The Morgan fingerprint density at radius 2 is 2.08 bits per heavy atom. The van der Waals surface area contributed by atoms with Crippen LogP contribution in [0.2, 0.25) is 0 Å². The number of fused-ring (bicyclic) bond motifs is 1. The highest BCUT2D eigenvalue weighted by molar-refractivity contribution is 7.89. The molecule has 1 aliphatic heterocycles. The van der Waals surface area contributed by atoms with E-state index in [0.717, 1.165) is 11.1 Å². The van der Waals surface area contributed by atoms with Crippen molar-refractivity contribution in [3.63, 3.8) is 0 Å². The number of aryl methyl sites for hydroxylation is 2. The molecule has 26 heavy (non-hydrogen) atoms. The minimum absolute atomic E-state index is 0.0343. The number of esters is 1. The molecule has 0 radical (unpaired) electrons. The summed E-state index contributed by atoms with van der Waals surface area (Å²) in [6.45, 7) is 5.44. The molecule has 1 aliphatic rings. The smallest absolute Gasteiger partial charge is 0.307 e. The van der Waals surface area contributed by atoms with Crippen LogP contribution < -0.4 is 0 Å². The zero-order valence-electron chi connectivity index (χ0n) is 15.1. The Labute approximate surface area is 153 Å². The molecule has 1 aromatic carbocycles. The summed E-state index contributed by atoms with van der Waals surface area (Å²) in [7, 11) is -3.86. The van der Waals surface area contributed by atoms with Gasteiger partial charge in [-0.15, -0.1) is 0 Å².